The summed E-state index contributed by atoms with van der Waals surface area (Å²) < 4.78 is 4.59. The van der Waals surface area contributed by atoms with Crippen molar-refractivity contribution < 1.29 is 14.3 Å². The maximum atomic E-state index is 11.7. The third-order valence-electron chi connectivity index (χ3n) is 2.91. The molecule has 0 spiro atoms. The molecule has 0 saturated heterocycles. The lowest BCUT2D eigenvalue weighted by Crippen LogP contribution is -2.40. The van der Waals surface area contributed by atoms with E-state index in [4.69, 9.17) is 0 Å². The van der Waals surface area contributed by atoms with Crippen LogP contribution in [0.15, 0.2) is 0 Å². The van der Waals surface area contributed by atoms with Gasteiger partial charge in [0, 0.05) is 6.04 Å². The van der Waals surface area contributed by atoms with Crippen molar-refractivity contribution in [2.24, 2.45) is 5.92 Å². The van der Waals surface area contributed by atoms with Crippen molar-refractivity contribution in [3.8, 4) is 0 Å². The fourth-order valence-electron chi connectivity index (χ4n) is 1.97. The number of ether oxygens (including phenoxy) is 1. The van der Waals surface area contributed by atoms with E-state index in [0.717, 1.165) is 12.8 Å². The van der Waals surface area contributed by atoms with E-state index < -0.39 is 11.9 Å². The van der Waals surface area contributed by atoms with Crippen molar-refractivity contribution >= 4 is 11.9 Å². The van der Waals surface area contributed by atoms with Gasteiger partial charge in [-0.3, -0.25) is 9.59 Å². The number of rotatable bonds is 4. The Morgan fingerprint density at radius 2 is 2.00 bits per heavy atom. The SMILES string of the molecule is CCC(C(=O)NC1CCCC1)C(=O)OC. The summed E-state index contributed by atoms with van der Waals surface area (Å²) in [6.07, 6.45) is 4.89. The zero-order valence-corrected chi connectivity index (χ0v) is 9.41. The van der Waals surface area contributed by atoms with Crippen LogP contribution in [-0.2, 0) is 14.3 Å². The first-order valence-electron chi connectivity index (χ1n) is 5.57. The highest BCUT2D eigenvalue weighted by Crippen LogP contribution is 2.18. The van der Waals surface area contributed by atoms with E-state index in [1.807, 2.05) is 6.92 Å². The van der Waals surface area contributed by atoms with Crippen LogP contribution in [0.5, 0.6) is 0 Å². The maximum absolute atomic E-state index is 11.7. The molecule has 1 N–H and O–H groups in total. The molecule has 0 aromatic heterocycles. The van der Waals surface area contributed by atoms with Crippen LogP contribution < -0.4 is 5.32 Å². The highest BCUT2D eigenvalue weighted by atomic mass is 16.5. The highest BCUT2D eigenvalue weighted by molar-refractivity contribution is 5.97. The zero-order valence-electron chi connectivity index (χ0n) is 9.41. The quantitative estimate of drug-likeness (QED) is 0.564. The molecule has 1 amide bonds. The topological polar surface area (TPSA) is 55.4 Å². The molecule has 0 aromatic carbocycles. The summed E-state index contributed by atoms with van der Waals surface area (Å²) in [4.78, 5) is 23.0. The van der Waals surface area contributed by atoms with Crippen LogP contribution >= 0.6 is 0 Å². The Bertz CT molecular complexity index is 234. The molecule has 1 rings (SSSR count). The molecule has 0 bridgehead atoms. The van der Waals surface area contributed by atoms with Gasteiger partial charge in [-0.1, -0.05) is 19.8 Å². The lowest BCUT2D eigenvalue weighted by molar-refractivity contribution is -0.150. The molecule has 86 valence electrons. The first-order valence-corrected chi connectivity index (χ1v) is 5.57. The Kier molecular flexibility index (Phi) is 4.59. The lowest BCUT2D eigenvalue weighted by Gasteiger charge is -2.16. The van der Waals surface area contributed by atoms with Crippen LogP contribution in [0.2, 0.25) is 0 Å². The number of nitrogens with one attached hydrogen (secondary N) is 1. The number of hydrogen-bond acceptors (Lipinski definition) is 3. The highest BCUT2D eigenvalue weighted by Gasteiger charge is 2.28. The monoisotopic (exact) mass is 213 g/mol. The molecule has 1 atom stereocenters. The third-order valence-corrected chi connectivity index (χ3v) is 2.91. The molecule has 1 saturated carbocycles. The molecule has 4 heteroatoms. The van der Waals surface area contributed by atoms with Crippen molar-refractivity contribution in [1.82, 2.24) is 5.32 Å². The van der Waals surface area contributed by atoms with Crippen molar-refractivity contribution in [2.45, 2.75) is 45.1 Å². The predicted octanol–water partition coefficient (Wildman–Crippen LogP) is 1.24. The van der Waals surface area contributed by atoms with Gasteiger partial charge in [0.2, 0.25) is 5.91 Å². The standard InChI is InChI=1S/C11H19NO3/c1-3-9(11(14)15-2)10(13)12-8-6-4-5-7-8/h8-9H,3-7H2,1-2H3,(H,12,13). The van der Waals surface area contributed by atoms with Gasteiger partial charge < -0.3 is 10.1 Å². The molecular formula is C11H19NO3. The number of methoxy groups -OCH3 is 1. The Balaban J connectivity index is 2.45. The molecule has 1 unspecified atom stereocenters. The number of carbonyl (C=O) groups excluding carboxylic acids is 2. The van der Waals surface area contributed by atoms with Gasteiger partial charge in [0.1, 0.15) is 5.92 Å². The van der Waals surface area contributed by atoms with Gasteiger partial charge in [-0.15, -0.1) is 0 Å². The van der Waals surface area contributed by atoms with Gasteiger partial charge in [0.15, 0.2) is 0 Å². The van der Waals surface area contributed by atoms with Gasteiger partial charge in [0.25, 0.3) is 0 Å². The number of hydrogen-bond donors (Lipinski definition) is 1. The Labute approximate surface area is 90.4 Å². The summed E-state index contributed by atoms with van der Waals surface area (Å²) in [7, 11) is 1.31. The average Bonchev–Trinajstić information content (AvgIpc) is 2.71. The van der Waals surface area contributed by atoms with E-state index in [0.29, 0.717) is 6.42 Å². The van der Waals surface area contributed by atoms with Gasteiger partial charge in [0.05, 0.1) is 7.11 Å². The van der Waals surface area contributed by atoms with Gasteiger partial charge in [-0.2, -0.15) is 0 Å². The fourth-order valence-corrected chi connectivity index (χ4v) is 1.97. The van der Waals surface area contributed by atoms with Gasteiger partial charge >= 0.3 is 5.97 Å². The first-order chi connectivity index (χ1) is 7.19. The fraction of sp³-hybridized carbons (Fsp3) is 0.818. The summed E-state index contributed by atoms with van der Waals surface area (Å²) in [5, 5.41) is 2.91. The molecule has 0 aromatic rings. The van der Waals surface area contributed by atoms with E-state index in [1.54, 1.807) is 0 Å². The second kappa shape index (κ2) is 5.73. The zero-order chi connectivity index (χ0) is 11.3. The van der Waals surface area contributed by atoms with Crippen molar-refractivity contribution in [3.63, 3.8) is 0 Å². The van der Waals surface area contributed by atoms with E-state index in [2.05, 4.69) is 10.1 Å². The van der Waals surface area contributed by atoms with Crippen LogP contribution in [0, 0.1) is 5.92 Å². The van der Waals surface area contributed by atoms with Crippen LogP contribution in [-0.4, -0.2) is 25.0 Å². The van der Waals surface area contributed by atoms with E-state index >= 15 is 0 Å². The van der Waals surface area contributed by atoms with Gasteiger partial charge in [-0.25, -0.2) is 0 Å². The molecule has 4 nitrogen and oxygen atoms in total. The summed E-state index contributed by atoms with van der Waals surface area (Å²) in [5.74, 6) is -1.26. The van der Waals surface area contributed by atoms with Gasteiger partial charge in [-0.05, 0) is 19.3 Å². The second-order valence-electron chi connectivity index (χ2n) is 3.97. The summed E-state index contributed by atoms with van der Waals surface area (Å²) in [6.45, 7) is 1.82. The number of amides is 1. The molecule has 1 fully saturated rings. The minimum atomic E-state index is -0.643. The molecule has 0 heterocycles. The van der Waals surface area contributed by atoms with Crippen molar-refractivity contribution in [3.05, 3.63) is 0 Å². The average molecular weight is 213 g/mol. The number of esters is 1. The lowest BCUT2D eigenvalue weighted by atomic mass is 10.1. The Morgan fingerprint density at radius 1 is 1.40 bits per heavy atom. The second-order valence-corrected chi connectivity index (χ2v) is 3.97. The largest absolute Gasteiger partial charge is 0.468 e. The maximum Gasteiger partial charge on any atom is 0.318 e. The normalized spacial score (nSPS) is 18.5. The van der Waals surface area contributed by atoms with Crippen LogP contribution in [0.1, 0.15) is 39.0 Å². The molecule has 0 aliphatic heterocycles. The first kappa shape index (κ1) is 12.0. The smallest absolute Gasteiger partial charge is 0.318 e. The van der Waals surface area contributed by atoms with Crippen LogP contribution in [0.3, 0.4) is 0 Å². The minimum Gasteiger partial charge on any atom is -0.468 e. The Morgan fingerprint density at radius 3 is 2.47 bits per heavy atom. The Hall–Kier alpha value is -1.06. The van der Waals surface area contributed by atoms with E-state index in [9.17, 15) is 9.59 Å². The minimum absolute atomic E-state index is 0.184. The molecule has 15 heavy (non-hydrogen) atoms. The molecule has 0 radical (unpaired) electrons. The molecular weight excluding hydrogens is 194 g/mol. The number of carbonyl (C=O) groups is 2. The molecule has 1 aliphatic carbocycles. The third kappa shape index (κ3) is 3.22. The summed E-state index contributed by atoms with van der Waals surface area (Å²) in [5.41, 5.74) is 0. The predicted molar refractivity (Wildman–Crippen MR) is 56.2 cm³/mol. The van der Waals surface area contributed by atoms with E-state index in [1.165, 1.54) is 20.0 Å². The van der Waals surface area contributed by atoms with E-state index in [-0.39, 0.29) is 11.9 Å². The van der Waals surface area contributed by atoms with Crippen molar-refractivity contribution in [1.29, 1.82) is 0 Å². The van der Waals surface area contributed by atoms with Crippen LogP contribution in [0.25, 0.3) is 0 Å². The van der Waals surface area contributed by atoms with Crippen LogP contribution in [0.4, 0.5) is 0 Å². The molecule has 1 aliphatic rings. The summed E-state index contributed by atoms with van der Waals surface area (Å²) >= 11 is 0. The summed E-state index contributed by atoms with van der Waals surface area (Å²) in [6, 6.07) is 0.260. The van der Waals surface area contributed by atoms with Crippen molar-refractivity contribution in [2.75, 3.05) is 7.11 Å².